The predicted molar refractivity (Wildman–Crippen MR) is 114 cm³/mol. The number of rotatable bonds is 3. The summed E-state index contributed by atoms with van der Waals surface area (Å²) in [7, 11) is 0. The quantitative estimate of drug-likeness (QED) is 0.494. The van der Waals surface area contributed by atoms with E-state index in [0.29, 0.717) is 40.6 Å². The van der Waals surface area contributed by atoms with Crippen molar-refractivity contribution in [2.75, 3.05) is 13.1 Å². The Hall–Kier alpha value is -4.02. The van der Waals surface area contributed by atoms with Crippen molar-refractivity contribution in [3.63, 3.8) is 0 Å². The number of amides is 1. The number of benzene rings is 2. The van der Waals surface area contributed by atoms with Crippen LogP contribution in [-0.2, 0) is 0 Å². The van der Waals surface area contributed by atoms with E-state index in [4.69, 9.17) is 0 Å². The molecule has 176 valence electrons. The fraction of sp³-hybridized carbons (Fsp3) is 0.261. The Morgan fingerprint density at radius 2 is 1.79 bits per heavy atom. The van der Waals surface area contributed by atoms with E-state index in [1.807, 2.05) is 0 Å². The highest BCUT2D eigenvalue weighted by Gasteiger charge is 2.32. The molecule has 0 unspecified atom stereocenters. The highest BCUT2D eigenvalue weighted by Crippen LogP contribution is 2.39. The number of alkyl halides is 3. The van der Waals surface area contributed by atoms with Gasteiger partial charge in [0.1, 0.15) is 17.5 Å². The molecule has 5 rings (SSSR count). The van der Waals surface area contributed by atoms with Crippen molar-refractivity contribution in [2.45, 2.75) is 25.1 Å². The Morgan fingerprint density at radius 3 is 2.50 bits per heavy atom. The van der Waals surface area contributed by atoms with E-state index in [1.54, 1.807) is 28.8 Å². The van der Waals surface area contributed by atoms with Gasteiger partial charge in [0.25, 0.3) is 5.56 Å². The molecule has 0 saturated carbocycles. The molecule has 1 saturated heterocycles. The molecule has 4 aromatic rings. The molecule has 1 N–H and O–H groups in total. The molecule has 34 heavy (non-hydrogen) atoms. The Kier molecular flexibility index (Phi) is 5.18. The van der Waals surface area contributed by atoms with Crippen molar-refractivity contribution < 1.29 is 27.8 Å². The number of H-pyrrole nitrogens is 1. The number of aromatic nitrogens is 3. The van der Waals surface area contributed by atoms with Gasteiger partial charge in [-0.05, 0) is 30.5 Å². The smallest absolute Gasteiger partial charge is 0.530 e. The number of carbonyl (C=O) groups excluding carboxylic acids is 1. The van der Waals surface area contributed by atoms with Gasteiger partial charge in [0, 0.05) is 30.6 Å². The number of nitrogens with one attached hydrogen (secondary N) is 1. The van der Waals surface area contributed by atoms with E-state index in [2.05, 4.69) is 14.8 Å². The zero-order chi connectivity index (χ0) is 24.0. The molecule has 1 aliphatic rings. The second-order valence-electron chi connectivity index (χ2n) is 8.09. The van der Waals surface area contributed by atoms with E-state index in [1.165, 1.54) is 29.2 Å². The number of halogens is 3. The first-order valence-corrected chi connectivity index (χ1v) is 10.6. The maximum absolute atomic E-state index is 13.0. The molecule has 11 heteroatoms. The van der Waals surface area contributed by atoms with Gasteiger partial charge in [0.2, 0.25) is 0 Å². The predicted octanol–water partition coefficient (Wildman–Crippen LogP) is 3.26. The third kappa shape index (κ3) is 3.93. The third-order valence-electron chi connectivity index (χ3n) is 6.04. The highest BCUT2D eigenvalue weighted by molar-refractivity contribution is 6.04. The van der Waals surface area contributed by atoms with Gasteiger partial charge in [-0.15, -0.1) is 13.2 Å². The lowest BCUT2D eigenvalue weighted by molar-refractivity contribution is -0.274. The molecule has 2 aromatic heterocycles. The molecule has 0 atom stereocenters. The monoisotopic (exact) mass is 471 g/mol. The summed E-state index contributed by atoms with van der Waals surface area (Å²) in [6.07, 6.45) is -5.13. The van der Waals surface area contributed by atoms with Crippen molar-refractivity contribution in [2.24, 2.45) is 0 Å². The molecule has 2 aromatic carbocycles. The number of piperidine rings is 1. The van der Waals surface area contributed by atoms with Gasteiger partial charge < -0.3 is 24.5 Å². The molecular weight excluding hydrogens is 453 g/mol. The van der Waals surface area contributed by atoms with Crippen LogP contribution in [0.2, 0.25) is 0 Å². The molecule has 0 radical (unpaired) electrons. The minimum Gasteiger partial charge on any atom is -0.530 e. The first-order valence-electron chi connectivity index (χ1n) is 10.6. The minimum atomic E-state index is -4.87. The zero-order valence-electron chi connectivity index (χ0n) is 17.6. The van der Waals surface area contributed by atoms with Gasteiger partial charge in [0.05, 0.1) is 16.6 Å². The Morgan fingerprint density at radius 1 is 1.09 bits per heavy atom. The second-order valence-corrected chi connectivity index (χ2v) is 8.09. The van der Waals surface area contributed by atoms with Crippen LogP contribution in [0.4, 0.5) is 18.0 Å². The third-order valence-corrected chi connectivity index (χ3v) is 6.04. The number of para-hydroxylation sites is 1. The van der Waals surface area contributed by atoms with Crippen LogP contribution in [0, 0.1) is 0 Å². The standard InChI is InChI=1S/C23H19F3N4O4/c24-23(25,26)34-18-7-2-1-4-14(18)15-5-3-6-16-20(15)21-27-19(31)12-17(30(21)28-16)13-8-10-29(11-9-13)22(32)33/h1-7,12-13H,8-11H2,(H,27,31)(H,32,33)/p-1. The topological polar surface area (TPSA) is 103 Å². The van der Waals surface area contributed by atoms with Crippen LogP contribution in [0.25, 0.3) is 27.7 Å². The average Bonchev–Trinajstić information content (AvgIpc) is 3.16. The van der Waals surface area contributed by atoms with Crippen molar-refractivity contribution >= 4 is 22.6 Å². The molecule has 1 fully saturated rings. The Labute approximate surface area is 190 Å². The number of fused-ring (bicyclic) bond motifs is 3. The summed E-state index contributed by atoms with van der Waals surface area (Å²) in [5.41, 5.74) is 1.67. The van der Waals surface area contributed by atoms with Crippen LogP contribution in [-0.4, -0.2) is 45.0 Å². The SMILES string of the molecule is O=C([O-])N1CCC(c2cc(=O)[nH]c3c4c(-c5ccccc5OC(F)(F)F)cccc4nn23)CC1. The Balaban J connectivity index is 1.67. The van der Waals surface area contributed by atoms with E-state index >= 15 is 0 Å². The van der Waals surface area contributed by atoms with Crippen molar-refractivity contribution in [1.82, 2.24) is 19.5 Å². The van der Waals surface area contributed by atoms with Crippen LogP contribution in [0.5, 0.6) is 5.75 Å². The van der Waals surface area contributed by atoms with Crippen LogP contribution in [0.15, 0.2) is 53.3 Å². The molecule has 0 aliphatic carbocycles. The van der Waals surface area contributed by atoms with Crippen molar-refractivity contribution in [1.29, 1.82) is 0 Å². The fourth-order valence-corrected chi connectivity index (χ4v) is 4.56. The highest BCUT2D eigenvalue weighted by atomic mass is 19.4. The van der Waals surface area contributed by atoms with Gasteiger partial charge in [-0.1, -0.05) is 30.3 Å². The number of aromatic amines is 1. The number of hydrogen-bond donors (Lipinski definition) is 1. The molecular formula is C23H18F3N4O4-. The average molecular weight is 471 g/mol. The summed E-state index contributed by atoms with van der Waals surface area (Å²) in [4.78, 5) is 27.7. The number of carbonyl (C=O) groups is 1. The summed E-state index contributed by atoms with van der Waals surface area (Å²) in [5, 5.41) is 16.2. The van der Waals surface area contributed by atoms with E-state index in [9.17, 15) is 27.9 Å². The summed E-state index contributed by atoms with van der Waals surface area (Å²) >= 11 is 0. The molecule has 0 spiro atoms. The number of carboxylic acid groups (broad SMARTS) is 1. The maximum Gasteiger partial charge on any atom is 0.573 e. The van der Waals surface area contributed by atoms with Crippen LogP contribution >= 0.6 is 0 Å². The van der Waals surface area contributed by atoms with Crippen molar-refractivity contribution in [3.05, 3.63) is 64.6 Å². The van der Waals surface area contributed by atoms with E-state index in [0.717, 1.165) is 0 Å². The molecule has 0 bridgehead atoms. The zero-order valence-corrected chi connectivity index (χ0v) is 17.6. The summed E-state index contributed by atoms with van der Waals surface area (Å²) in [6.45, 7) is 0.547. The lowest BCUT2D eigenvalue weighted by atomic mass is 9.93. The number of ether oxygens (including phenoxy) is 1. The van der Waals surface area contributed by atoms with E-state index in [-0.39, 0.29) is 35.9 Å². The van der Waals surface area contributed by atoms with Gasteiger partial charge in [-0.2, -0.15) is 5.10 Å². The molecule has 8 nitrogen and oxygen atoms in total. The number of hydrogen-bond acceptors (Lipinski definition) is 5. The largest absolute Gasteiger partial charge is 0.573 e. The summed E-state index contributed by atoms with van der Waals surface area (Å²) in [5.74, 6) is -0.492. The van der Waals surface area contributed by atoms with Gasteiger partial charge in [-0.3, -0.25) is 4.79 Å². The molecule has 1 aliphatic heterocycles. The van der Waals surface area contributed by atoms with Crippen molar-refractivity contribution in [3.8, 4) is 16.9 Å². The fourth-order valence-electron chi connectivity index (χ4n) is 4.56. The lowest BCUT2D eigenvalue weighted by Crippen LogP contribution is -2.45. The normalized spacial score (nSPS) is 15.2. The summed E-state index contributed by atoms with van der Waals surface area (Å²) < 4.78 is 44.8. The first-order chi connectivity index (χ1) is 16.2. The second kappa shape index (κ2) is 8.08. The summed E-state index contributed by atoms with van der Waals surface area (Å²) in [6, 6.07) is 12.2. The number of nitrogens with zero attached hydrogens (tertiary/aromatic N) is 3. The van der Waals surface area contributed by atoms with E-state index < -0.39 is 12.5 Å². The van der Waals surface area contributed by atoms with Gasteiger partial charge in [-0.25, -0.2) is 4.52 Å². The number of likely N-dealkylation sites (tertiary alicyclic amines) is 1. The molecule has 3 heterocycles. The van der Waals surface area contributed by atoms with Gasteiger partial charge >= 0.3 is 6.36 Å². The maximum atomic E-state index is 13.0. The van der Waals surface area contributed by atoms with Gasteiger partial charge in [0.15, 0.2) is 0 Å². The first kappa shape index (κ1) is 21.8. The van der Waals surface area contributed by atoms with Crippen LogP contribution < -0.4 is 15.4 Å². The van der Waals surface area contributed by atoms with Crippen LogP contribution in [0.1, 0.15) is 24.5 Å². The minimum absolute atomic E-state index is 0.126. The van der Waals surface area contributed by atoms with Crippen LogP contribution in [0.3, 0.4) is 0 Å². The molecule has 1 amide bonds. The lowest BCUT2D eigenvalue weighted by Gasteiger charge is -2.33. The Bertz CT molecular complexity index is 1450.